The quantitative estimate of drug-likeness (QED) is 0.609. The molecule has 1 aromatic rings. The van der Waals surface area contributed by atoms with Crippen LogP contribution < -0.4 is 0 Å². The summed E-state index contributed by atoms with van der Waals surface area (Å²) in [5, 5.41) is 3.10. The van der Waals surface area contributed by atoms with Gasteiger partial charge >= 0.3 is 0 Å². The van der Waals surface area contributed by atoms with E-state index in [1.54, 1.807) is 17.4 Å². The van der Waals surface area contributed by atoms with Crippen molar-refractivity contribution in [2.45, 2.75) is 32.9 Å². The maximum absolute atomic E-state index is 10.0. The second kappa shape index (κ2) is 6.05. The van der Waals surface area contributed by atoms with Crippen LogP contribution in [-0.4, -0.2) is 29.1 Å². The van der Waals surface area contributed by atoms with Crippen LogP contribution in [0.25, 0.3) is 0 Å². The minimum absolute atomic E-state index is 0.358. The first kappa shape index (κ1) is 12.4. The van der Waals surface area contributed by atoms with Gasteiger partial charge in [0.15, 0.2) is 0 Å². The Balaban J connectivity index is 1.86. The van der Waals surface area contributed by atoms with Crippen molar-refractivity contribution in [1.29, 1.82) is 0 Å². The molecule has 0 amide bonds. The van der Waals surface area contributed by atoms with Crippen LogP contribution in [-0.2, 0) is 17.9 Å². The minimum Gasteiger partial charge on any atom is -0.297 e. The fraction of sp³-hybridized carbons (Fsp3) is 0.667. The van der Waals surface area contributed by atoms with Crippen LogP contribution in [0, 0.1) is 5.92 Å². The lowest BCUT2D eigenvalue weighted by atomic mass is 9.99. The molecular weight excluding hydrogens is 234 g/mol. The number of nitrogens with zero attached hydrogens (tertiary/aromatic N) is 3. The third-order valence-corrected chi connectivity index (χ3v) is 4.02. The average Bonchev–Trinajstić information content (AvgIpc) is 2.77. The van der Waals surface area contributed by atoms with Gasteiger partial charge in [0.25, 0.3) is 0 Å². The van der Waals surface area contributed by atoms with E-state index in [4.69, 9.17) is 0 Å². The predicted octanol–water partition coefficient (Wildman–Crippen LogP) is 2.21. The molecule has 4 nitrogen and oxygen atoms in total. The number of piperidine rings is 1. The van der Waals surface area contributed by atoms with Gasteiger partial charge in [-0.15, -0.1) is 11.3 Å². The van der Waals surface area contributed by atoms with Crippen LogP contribution in [0.1, 0.15) is 30.5 Å². The molecule has 0 saturated carbocycles. The number of likely N-dealkylation sites (tertiary alicyclic amines) is 1. The summed E-state index contributed by atoms with van der Waals surface area (Å²) in [6.07, 6.45) is 4.11. The number of aromatic nitrogens is 1. The molecule has 0 N–H and O–H groups in total. The van der Waals surface area contributed by atoms with Gasteiger partial charge in [0.05, 0.1) is 18.8 Å². The van der Waals surface area contributed by atoms with Crippen LogP contribution in [0.5, 0.6) is 0 Å². The number of thiazole rings is 1. The molecule has 1 fully saturated rings. The first-order chi connectivity index (χ1) is 8.28. The number of hydrogen-bond donors (Lipinski definition) is 0. The zero-order valence-corrected chi connectivity index (χ0v) is 10.9. The van der Waals surface area contributed by atoms with Crippen molar-refractivity contribution < 1.29 is 4.79 Å². The summed E-state index contributed by atoms with van der Waals surface area (Å²) in [5.41, 5.74) is 0.874. The van der Waals surface area contributed by atoms with E-state index in [1.165, 1.54) is 25.9 Å². The van der Waals surface area contributed by atoms with Crippen LogP contribution >= 0.6 is 11.3 Å². The Morgan fingerprint density at radius 3 is 3.06 bits per heavy atom. The van der Waals surface area contributed by atoms with Gasteiger partial charge in [0.1, 0.15) is 5.01 Å². The molecule has 92 valence electrons. The molecule has 0 aliphatic carbocycles. The van der Waals surface area contributed by atoms with E-state index in [0.717, 1.165) is 23.2 Å². The van der Waals surface area contributed by atoms with Gasteiger partial charge in [0, 0.05) is 5.38 Å². The fourth-order valence-electron chi connectivity index (χ4n) is 2.02. The molecule has 1 aliphatic heterocycles. The van der Waals surface area contributed by atoms with Gasteiger partial charge in [-0.25, -0.2) is 9.78 Å². The lowest BCUT2D eigenvalue weighted by molar-refractivity contribution is 0.185. The Labute approximate surface area is 105 Å². The molecule has 0 aromatic carbocycles. The summed E-state index contributed by atoms with van der Waals surface area (Å²) >= 11 is 1.65. The van der Waals surface area contributed by atoms with Crippen LogP contribution in [0.4, 0.5) is 0 Å². The smallest absolute Gasteiger partial charge is 0.235 e. The molecule has 2 heterocycles. The fourth-order valence-corrected chi connectivity index (χ4v) is 2.85. The zero-order valence-electron chi connectivity index (χ0n) is 10.1. The molecule has 0 atom stereocenters. The van der Waals surface area contributed by atoms with Crippen LogP contribution in [0.15, 0.2) is 10.4 Å². The number of hydrogen-bond acceptors (Lipinski definition) is 5. The number of rotatable bonds is 4. The Bertz CT molecular complexity index is 404. The molecule has 0 unspecified atom stereocenters. The van der Waals surface area contributed by atoms with Crippen LogP contribution in [0.3, 0.4) is 0 Å². The topological polar surface area (TPSA) is 45.6 Å². The molecule has 1 saturated heterocycles. The molecule has 0 spiro atoms. The number of aliphatic imine (C=N–C) groups is 1. The van der Waals surface area contributed by atoms with E-state index in [9.17, 15) is 4.79 Å². The zero-order chi connectivity index (χ0) is 12.1. The molecular formula is C12H17N3OS. The highest BCUT2D eigenvalue weighted by Gasteiger charge is 2.16. The maximum Gasteiger partial charge on any atom is 0.235 e. The first-order valence-electron chi connectivity index (χ1n) is 5.97. The van der Waals surface area contributed by atoms with Gasteiger partial charge in [-0.3, -0.25) is 4.90 Å². The van der Waals surface area contributed by atoms with Gasteiger partial charge in [-0.1, -0.05) is 6.92 Å². The van der Waals surface area contributed by atoms with Gasteiger partial charge in [0.2, 0.25) is 6.08 Å². The summed E-state index contributed by atoms with van der Waals surface area (Å²) in [7, 11) is 0. The van der Waals surface area contributed by atoms with Crippen molar-refractivity contribution in [3.05, 3.63) is 16.1 Å². The Kier molecular flexibility index (Phi) is 4.42. The lowest BCUT2D eigenvalue weighted by Gasteiger charge is -2.29. The molecule has 17 heavy (non-hydrogen) atoms. The minimum atomic E-state index is 0.358. The van der Waals surface area contributed by atoms with Gasteiger partial charge in [-0.05, 0) is 31.8 Å². The Morgan fingerprint density at radius 2 is 2.35 bits per heavy atom. The summed E-state index contributed by atoms with van der Waals surface area (Å²) in [6, 6.07) is 0. The van der Waals surface area contributed by atoms with E-state index in [0.29, 0.717) is 6.54 Å². The van der Waals surface area contributed by atoms with Crippen LogP contribution in [0.2, 0.25) is 0 Å². The average molecular weight is 251 g/mol. The van der Waals surface area contributed by atoms with Gasteiger partial charge < -0.3 is 0 Å². The molecule has 0 bridgehead atoms. The predicted molar refractivity (Wildman–Crippen MR) is 67.6 cm³/mol. The number of carbonyl (C=O) groups excluding carboxylic acids is 1. The summed E-state index contributed by atoms with van der Waals surface area (Å²) in [6.45, 7) is 5.95. The monoisotopic (exact) mass is 251 g/mol. The Hall–Kier alpha value is -1.03. The molecule has 2 rings (SSSR count). The van der Waals surface area contributed by atoms with Crippen molar-refractivity contribution in [2.75, 3.05) is 13.1 Å². The third-order valence-electron chi connectivity index (χ3n) is 3.14. The third kappa shape index (κ3) is 3.73. The lowest BCUT2D eigenvalue weighted by Crippen LogP contribution is -2.32. The largest absolute Gasteiger partial charge is 0.297 e. The molecule has 0 radical (unpaired) electrons. The van der Waals surface area contributed by atoms with E-state index in [1.807, 2.05) is 5.38 Å². The molecule has 5 heteroatoms. The van der Waals surface area contributed by atoms with E-state index >= 15 is 0 Å². The van der Waals surface area contributed by atoms with Gasteiger partial charge in [-0.2, -0.15) is 4.99 Å². The second-order valence-electron chi connectivity index (χ2n) is 4.60. The number of isocyanates is 1. The Morgan fingerprint density at radius 1 is 1.59 bits per heavy atom. The second-order valence-corrected chi connectivity index (χ2v) is 5.54. The standard InChI is InChI=1S/C12H17N3OS/c1-10-2-4-15(5-3-10)7-12-14-11(8-17-12)6-13-9-16/h8,10H,2-7H2,1H3. The first-order valence-corrected chi connectivity index (χ1v) is 6.85. The summed E-state index contributed by atoms with van der Waals surface area (Å²) in [4.78, 5) is 20.5. The van der Waals surface area contributed by atoms with E-state index in [2.05, 4.69) is 21.8 Å². The highest BCUT2D eigenvalue weighted by molar-refractivity contribution is 7.09. The van der Waals surface area contributed by atoms with Crippen molar-refractivity contribution in [3.63, 3.8) is 0 Å². The van der Waals surface area contributed by atoms with E-state index < -0.39 is 0 Å². The highest BCUT2D eigenvalue weighted by atomic mass is 32.1. The normalized spacial score (nSPS) is 17.9. The van der Waals surface area contributed by atoms with Crippen molar-refractivity contribution in [2.24, 2.45) is 10.9 Å². The summed E-state index contributed by atoms with van der Waals surface area (Å²) in [5.74, 6) is 0.861. The summed E-state index contributed by atoms with van der Waals surface area (Å²) < 4.78 is 0. The molecule has 1 aromatic heterocycles. The van der Waals surface area contributed by atoms with Crippen molar-refractivity contribution >= 4 is 17.4 Å². The van der Waals surface area contributed by atoms with E-state index in [-0.39, 0.29) is 0 Å². The SMILES string of the molecule is CC1CCN(Cc2nc(CN=C=O)cs2)CC1. The van der Waals surface area contributed by atoms with Crippen molar-refractivity contribution in [3.8, 4) is 0 Å². The maximum atomic E-state index is 10.0. The highest BCUT2D eigenvalue weighted by Crippen LogP contribution is 2.19. The van der Waals surface area contributed by atoms with Crippen molar-refractivity contribution in [1.82, 2.24) is 9.88 Å². The molecule has 1 aliphatic rings.